The molecule has 0 radical (unpaired) electrons. The molecule has 14 heteroatoms. The third-order valence-corrected chi connectivity index (χ3v) is 14.0. The van der Waals surface area contributed by atoms with Crippen molar-refractivity contribution < 1.29 is 28.7 Å². The van der Waals surface area contributed by atoms with Gasteiger partial charge >= 0.3 is 12.2 Å². The maximum atomic E-state index is 13.8. The Hall–Kier alpha value is -6.31. The number of benzene rings is 3. The average Bonchev–Trinajstić information content (AvgIpc) is 4.15. The summed E-state index contributed by atoms with van der Waals surface area (Å²) in [4.78, 5) is 80.0. The number of carbonyl (C=O) groups is 4. The lowest BCUT2D eigenvalue weighted by Gasteiger charge is -2.27. The number of amides is 4. The van der Waals surface area contributed by atoms with Gasteiger partial charge in [0.2, 0.25) is 11.8 Å². The maximum absolute atomic E-state index is 13.8. The third-order valence-electron chi connectivity index (χ3n) is 14.0. The molecule has 4 amide bonds. The van der Waals surface area contributed by atoms with Crippen LogP contribution in [0.4, 0.5) is 9.59 Å². The van der Waals surface area contributed by atoms with Crippen molar-refractivity contribution in [1.82, 2.24) is 30.4 Å². The number of rotatable bonds is 10. The fourth-order valence-electron chi connectivity index (χ4n) is 10.6. The van der Waals surface area contributed by atoms with Crippen molar-refractivity contribution in [2.24, 2.45) is 10.4 Å². The molecule has 3 fully saturated rings. The van der Waals surface area contributed by atoms with Crippen LogP contribution < -0.4 is 16.2 Å². The molecule has 1 saturated carbocycles. The van der Waals surface area contributed by atoms with Crippen molar-refractivity contribution in [3.05, 3.63) is 93.7 Å². The van der Waals surface area contributed by atoms with Crippen molar-refractivity contribution in [3.8, 4) is 22.3 Å². The van der Waals surface area contributed by atoms with Gasteiger partial charge in [0, 0.05) is 25.0 Å². The first-order valence-electron chi connectivity index (χ1n) is 22.6. The third kappa shape index (κ3) is 8.79. The molecule has 14 nitrogen and oxygen atoms in total. The number of nitrogens with zero attached hydrogens (tertiary/aromatic N) is 4. The van der Waals surface area contributed by atoms with Crippen molar-refractivity contribution in [1.29, 1.82) is 0 Å². The van der Waals surface area contributed by atoms with Crippen molar-refractivity contribution in [2.45, 2.75) is 116 Å². The van der Waals surface area contributed by atoms with Gasteiger partial charge in [0.05, 0.1) is 37.2 Å². The minimum absolute atomic E-state index is 0.130. The standard InChI is InChI=1S/C50H59N7O7/c1-29(28-51-30(2)42-11-9-23-56(42)46(59)31(3)52-48(61)63-5)33-13-15-34(16-14-33)36-18-19-37(40-27-50(26-39(36)40)21-7-8-22-50)35-17-20-41-38(25-35)45(58)55-44(54-41)43-12-10-24-57(43)47(60)32(4)53-49(62)64-6/h13-20,25,28,31-32,42-43H,7-12,21-24,26-27H2,1-6H3,(H,52,61)(H,53,62)(H,54,55,58)/b29-28+,51-30+/t31-,32-,42-,43-/m0/s1. The number of aromatic amines is 1. The van der Waals surface area contributed by atoms with E-state index in [1.807, 2.05) is 32.2 Å². The Morgan fingerprint density at radius 2 is 1.38 bits per heavy atom. The summed E-state index contributed by atoms with van der Waals surface area (Å²) in [7, 11) is 2.54. The highest BCUT2D eigenvalue weighted by Crippen LogP contribution is 2.53. The van der Waals surface area contributed by atoms with Gasteiger partial charge in [-0.3, -0.25) is 19.4 Å². The number of aromatic nitrogens is 2. The first-order chi connectivity index (χ1) is 30.8. The van der Waals surface area contributed by atoms with Gasteiger partial charge in [-0.25, -0.2) is 14.6 Å². The highest BCUT2D eigenvalue weighted by Gasteiger charge is 2.42. The van der Waals surface area contributed by atoms with Gasteiger partial charge in [-0.15, -0.1) is 0 Å². The van der Waals surface area contributed by atoms with Crippen molar-refractivity contribution in [2.75, 3.05) is 27.3 Å². The van der Waals surface area contributed by atoms with Gasteiger partial charge in [0.25, 0.3) is 5.56 Å². The van der Waals surface area contributed by atoms with E-state index in [2.05, 4.69) is 67.6 Å². The Balaban J connectivity index is 1.03. The van der Waals surface area contributed by atoms with E-state index in [-0.39, 0.29) is 28.8 Å². The summed E-state index contributed by atoms with van der Waals surface area (Å²) in [6, 6.07) is 17.1. The zero-order valence-electron chi connectivity index (χ0n) is 37.7. The Morgan fingerprint density at radius 1 is 0.797 bits per heavy atom. The van der Waals surface area contributed by atoms with Crippen LogP contribution in [-0.2, 0) is 31.9 Å². The normalized spacial score (nSPS) is 20.3. The number of nitrogens with one attached hydrogen (secondary N) is 3. The molecule has 3 heterocycles. The van der Waals surface area contributed by atoms with Crippen LogP contribution in [0, 0.1) is 5.41 Å². The number of hydrogen-bond acceptors (Lipinski definition) is 9. The van der Waals surface area contributed by atoms with Crippen LogP contribution in [-0.4, -0.2) is 94.9 Å². The summed E-state index contributed by atoms with van der Waals surface area (Å²) >= 11 is 0. The molecular formula is C50H59N7O7. The summed E-state index contributed by atoms with van der Waals surface area (Å²) in [5, 5.41) is 5.63. The van der Waals surface area contributed by atoms with Crippen molar-refractivity contribution >= 4 is 46.2 Å². The molecule has 2 saturated heterocycles. The molecule has 3 N–H and O–H groups in total. The van der Waals surface area contributed by atoms with Gasteiger partial charge in [-0.1, -0.05) is 55.3 Å². The van der Waals surface area contributed by atoms with E-state index in [0.29, 0.717) is 36.2 Å². The molecule has 64 heavy (non-hydrogen) atoms. The summed E-state index contributed by atoms with van der Waals surface area (Å²) in [5.41, 5.74) is 10.8. The number of H-pyrrole nitrogens is 1. The summed E-state index contributed by atoms with van der Waals surface area (Å²) < 4.78 is 9.35. The first kappa shape index (κ1) is 44.3. The molecule has 0 bridgehead atoms. The van der Waals surface area contributed by atoms with Crippen LogP contribution in [0.1, 0.15) is 108 Å². The molecule has 3 aromatic carbocycles. The quantitative estimate of drug-likeness (QED) is 0.135. The van der Waals surface area contributed by atoms with E-state index in [1.165, 1.54) is 56.6 Å². The second-order valence-electron chi connectivity index (χ2n) is 18.1. The Bertz CT molecular complexity index is 2590. The number of carbonyl (C=O) groups excluding carboxylic acids is 4. The lowest BCUT2D eigenvalue weighted by atomic mass is 9.82. The van der Waals surface area contributed by atoms with E-state index >= 15 is 0 Å². The predicted octanol–water partition coefficient (Wildman–Crippen LogP) is 7.88. The zero-order chi connectivity index (χ0) is 45.3. The average molecular weight is 870 g/mol. The first-order valence-corrected chi connectivity index (χ1v) is 22.6. The monoisotopic (exact) mass is 869 g/mol. The number of alkyl carbamates (subject to hydrolysis) is 2. The van der Waals surface area contributed by atoms with Gasteiger partial charge in [0.1, 0.15) is 17.9 Å². The minimum atomic E-state index is -0.786. The van der Waals surface area contributed by atoms with Gasteiger partial charge < -0.3 is 34.9 Å². The number of ether oxygens (including phenoxy) is 2. The molecule has 0 unspecified atom stereocenters. The van der Waals surface area contributed by atoms with Crippen LogP contribution in [0.5, 0.6) is 0 Å². The lowest BCUT2D eigenvalue weighted by Crippen LogP contribution is -2.50. The van der Waals surface area contributed by atoms with Gasteiger partial charge in [-0.05, 0) is 141 Å². The summed E-state index contributed by atoms with van der Waals surface area (Å²) in [6.45, 7) is 8.41. The number of likely N-dealkylation sites (tertiary alicyclic amines) is 2. The minimum Gasteiger partial charge on any atom is -0.453 e. The number of methoxy groups -OCH3 is 2. The van der Waals surface area contributed by atoms with Crippen molar-refractivity contribution in [3.63, 3.8) is 0 Å². The fraction of sp³-hybridized carbons (Fsp3) is 0.460. The highest BCUT2D eigenvalue weighted by molar-refractivity contribution is 5.95. The molecule has 1 aromatic heterocycles. The Kier molecular flexibility index (Phi) is 12.8. The molecule has 2 aliphatic carbocycles. The molecule has 4 atom stereocenters. The number of fused-ring (bicyclic) bond motifs is 2. The molecule has 8 rings (SSSR count). The van der Waals surface area contributed by atoms with E-state index < -0.39 is 30.3 Å². The van der Waals surface area contributed by atoms with Crippen LogP contribution in [0.3, 0.4) is 0 Å². The summed E-state index contributed by atoms with van der Waals surface area (Å²) in [6.07, 6.45) is 10.6. The van der Waals surface area contributed by atoms with E-state index in [9.17, 15) is 24.0 Å². The smallest absolute Gasteiger partial charge is 0.407 e. The Labute approximate surface area is 373 Å². The molecule has 1 spiro atoms. The predicted molar refractivity (Wildman–Crippen MR) is 247 cm³/mol. The zero-order valence-corrected chi connectivity index (χ0v) is 37.7. The summed E-state index contributed by atoms with van der Waals surface area (Å²) in [5.74, 6) is 0.0394. The second-order valence-corrected chi connectivity index (χ2v) is 18.1. The highest BCUT2D eigenvalue weighted by atomic mass is 16.5. The van der Waals surface area contributed by atoms with Gasteiger partial charge in [0.15, 0.2) is 0 Å². The lowest BCUT2D eigenvalue weighted by molar-refractivity contribution is -0.134. The van der Waals surface area contributed by atoms with Crippen LogP contribution in [0.2, 0.25) is 0 Å². The van der Waals surface area contributed by atoms with Gasteiger partial charge in [-0.2, -0.15) is 0 Å². The van der Waals surface area contributed by atoms with Crippen LogP contribution in [0.15, 0.2) is 70.6 Å². The number of hydrogen-bond donors (Lipinski definition) is 3. The molecule has 336 valence electrons. The molecule has 2 aliphatic heterocycles. The number of aliphatic imine (C=N–C) groups is 1. The van der Waals surface area contributed by atoms with E-state index in [4.69, 9.17) is 9.98 Å². The van der Waals surface area contributed by atoms with E-state index in [0.717, 1.165) is 65.6 Å². The van der Waals surface area contributed by atoms with Crippen LogP contribution in [0.25, 0.3) is 38.7 Å². The molecule has 4 aliphatic rings. The SMILES string of the molecule is COC(=O)N[C@@H](C)C(=O)N1CCC[C@H]1/C(C)=N/C=C(\C)c1ccc(-c2ccc(-c3ccc4nc([C@@H]5CCCN5C(=O)[C@H](C)NC(=O)OC)[nH]c(=O)c4c3)c3c2CC2(CCCC2)C3)cc1. The number of allylic oxidation sites excluding steroid dienone is 1. The Morgan fingerprint density at radius 3 is 2.02 bits per heavy atom. The maximum Gasteiger partial charge on any atom is 0.407 e. The van der Waals surface area contributed by atoms with Crippen LogP contribution >= 0.6 is 0 Å². The fourth-order valence-corrected chi connectivity index (χ4v) is 10.6. The van der Waals surface area contributed by atoms with E-state index in [1.54, 1.807) is 23.6 Å². The second kappa shape index (κ2) is 18.4. The largest absolute Gasteiger partial charge is 0.453 e. The topological polar surface area (TPSA) is 175 Å². The molecular weight excluding hydrogens is 811 g/mol. The molecule has 4 aromatic rings.